The Morgan fingerprint density at radius 2 is 1.92 bits per heavy atom. The van der Waals surface area contributed by atoms with Gasteiger partial charge in [0, 0.05) is 19.5 Å². The molecule has 0 radical (unpaired) electrons. The lowest BCUT2D eigenvalue weighted by atomic mass is 10.0. The van der Waals surface area contributed by atoms with Crippen molar-refractivity contribution in [1.29, 1.82) is 0 Å². The summed E-state index contributed by atoms with van der Waals surface area (Å²) in [4.78, 5) is 31.9. The predicted octanol–water partition coefficient (Wildman–Crippen LogP) is 1.78. The molecule has 2 rings (SSSR count). The van der Waals surface area contributed by atoms with Crippen molar-refractivity contribution < 1.29 is 23.6 Å². The number of hydrogen-bond donors (Lipinski definition) is 0. The van der Waals surface area contributed by atoms with Crippen molar-refractivity contribution in [2.75, 3.05) is 26.3 Å². The molecule has 1 aliphatic heterocycles. The summed E-state index contributed by atoms with van der Waals surface area (Å²) in [5.41, 5.74) is 0.116. The van der Waals surface area contributed by atoms with Crippen molar-refractivity contribution in [3.63, 3.8) is 0 Å². The molecule has 0 aliphatic carbocycles. The van der Waals surface area contributed by atoms with Gasteiger partial charge in [0.1, 0.15) is 11.9 Å². The van der Waals surface area contributed by atoms with Crippen LogP contribution >= 0.6 is 0 Å². The Balaban J connectivity index is 2.23. The third kappa shape index (κ3) is 5.79. The van der Waals surface area contributed by atoms with Gasteiger partial charge in [-0.25, -0.2) is 9.45 Å². The Hall–Kier alpha value is -1.99. The molecule has 1 saturated heterocycles. The molecule has 1 heterocycles. The van der Waals surface area contributed by atoms with E-state index >= 15 is 0 Å². The van der Waals surface area contributed by atoms with Gasteiger partial charge in [-0.1, -0.05) is 12.1 Å². The molecule has 25 heavy (non-hydrogen) atoms. The van der Waals surface area contributed by atoms with Gasteiger partial charge in [0.2, 0.25) is 12.3 Å². The van der Waals surface area contributed by atoms with E-state index in [0.29, 0.717) is 32.7 Å². The number of amides is 2. The molecule has 1 fully saturated rings. The quantitative estimate of drug-likeness (QED) is 0.578. The number of halogens is 1. The second-order valence-corrected chi connectivity index (χ2v) is 6.95. The number of hydroxylamine groups is 2. The smallest absolute Gasteiger partial charge is 0.248 e. The molecule has 7 heteroatoms. The molecule has 1 aromatic carbocycles. The van der Waals surface area contributed by atoms with Gasteiger partial charge < -0.3 is 9.64 Å². The Morgan fingerprint density at radius 3 is 2.44 bits per heavy atom. The molecule has 1 atom stereocenters. The highest BCUT2D eigenvalue weighted by molar-refractivity contribution is 5.84. The number of rotatable bonds is 6. The van der Waals surface area contributed by atoms with Crippen LogP contribution in [-0.2, 0) is 25.6 Å². The standard InChI is InChI=1S/C18H25FN2O4/c1-18(2,3)25-21(13-22)16(12-14-4-6-15(19)7-5-14)17(23)20-8-10-24-11-9-20/h4-7,13,16H,8-12H2,1-3H3/t16-/m0/s1. The summed E-state index contributed by atoms with van der Waals surface area (Å²) < 4.78 is 18.4. The summed E-state index contributed by atoms with van der Waals surface area (Å²) in [5, 5.41) is 1.07. The largest absolute Gasteiger partial charge is 0.378 e. The van der Waals surface area contributed by atoms with E-state index in [9.17, 15) is 14.0 Å². The molecule has 1 aromatic rings. The number of nitrogens with zero attached hydrogens (tertiary/aromatic N) is 2. The second-order valence-electron chi connectivity index (χ2n) is 6.95. The molecular formula is C18H25FN2O4. The summed E-state index contributed by atoms with van der Waals surface area (Å²) in [6.45, 7) is 7.29. The van der Waals surface area contributed by atoms with Gasteiger partial charge in [0.05, 0.1) is 18.8 Å². The minimum absolute atomic E-state index is 0.205. The van der Waals surface area contributed by atoms with Gasteiger partial charge in [-0.05, 0) is 38.5 Å². The van der Waals surface area contributed by atoms with E-state index in [0.717, 1.165) is 10.6 Å². The maximum absolute atomic E-state index is 13.1. The van der Waals surface area contributed by atoms with Crippen molar-refractivity contribution in [3.05, 3.63) is 35.6 Å². The molecule has 6 nitrogen and oxygen atoms in total. The Kier molecular flexibility index (Phi) is 6.50. The van der Waals surface area contributed by atoms with E-state index in [-0.39, 0.29) is 18.1 Å². The number of carbonyl (C=O) groups is 2. The van der Waals surface area contributed by atoms with Crippen LogP contribution < -0.4 is 0 Å². The van der Waals surface area contributed by atoms with Crippen LogP contribution in [0.1, 0.15) is 26.3 Å². The first-order valence-corrected chi connectivity index (χ1v) is 8.34. The van der Waals surface area contributed by atoms with Crippen LogP contribution in [0.15, 0.2) is 24.3 Å². The van der Waals surface area contributed by atoms with E-state index in [1.165, 1.54) is 12.1 Å². The van der Waals surface area contributed by atoms with Gasteiger partial charge in [0.15, 0.2) is 0 Å². The fourth-order valence-electron chi connectivity index (χ4n) is 2.60. The van der Waals surface area contributed by atoms with Gasteiger partial charge in [-0.15, -0.1) is 0 Å². The molecule has 1 aliphatic rings. The van der Waals surface area contributed by atoms with Crippen LogP contribution in [0.25, 0.3) is 0 Å². The minimum Gasteiger partial charge on any atom is -0.378 e. The first-order chi connectivity index (χ1) is 11.8. The van der Waals surface area contributed by atoms with Crippen molar-refractivity contribution in [2.24, 2.45) is 0 Å². The maximum Gasteiger partial charge on any atom is 0.248 e. The third-order valence-electron chi connectivity index (χ3n) is 3.74. The van der Waals surface area contributed by atoms with Crippen LogP contribution in [0.5, 0.6) is 0 Å². The molecule has 0 spiro atoms. The van der Waals surface area contributed by atoms with Crippen LogP contribution in [0.3, 0.4) is 0 Å². The Bertz CT molecular complexity index is 580. The molecule has 138 valence electrons. The summed E-state index contributed by atoms with van der Waals surface area (Å²) >= 11 is 0. The Labute approximate surface area is 147 Å². The highest BCUT2D eigenvalue weighted by Crippen LogP contribution is 2.18. The number of hydrogen-bond acceptors (Lipinski definition) is 4. The SMILES string of the molecule is CC(C)(C)ON(C=O)[C@@H](Cc1ccc(F)cc1)C(=O)N1CCOCC1. The second kappa shape index (κ2) is 8.40. The molecule has 0 unspecified atom stereocenters. The third-order valence-corrected chi connectivity index (χ3v) is 3.74. The summed E-state index contributed by atoms with van der Waals surface area (Å²) in [5.74, 6) is -0.554. The van der Waals surface area contributed by atoms with Gasteiger partial charge in [-0.3, -0.25) is 14.4 Å². The van der Waals surface area contributed by atoms with Crippen LogP contribution in [-0.4, -0.2) is 60.2 Å². The van der Waals surface area contributed by atoms with Crippen molar-refractivity contribution in [2.45, 2.75) is 38.8 Å². The van der Waals surface area contributed by atoms with Crippen molar-refractivity contribution >= 4 is 12.3 Å². The lowest BCUT2D eigenvalue weighted by molar-refractivity contribution is -0.233. The van der Waals surface area contributed by atoms with Crippen LogP contribution in [0.2, 0.25) is 0 Å². The number of ether oxygens (including phenoxy) is 1. The highest BCUT2D eigenvalue weighted by atomic mass is 19.1. The Morgan fingerprint density at radius 1 is 1.32 bits per heavy atom. The number of morpholine rings is 1. The van der Waals surface area contributed by atoms with E-state index in [1.54, 1.807) is 37.8 Å². The minimum atomic E-state index is -0.819. The van der Waals surface area contributed by atoms with Crippen LogP contribution in [0.4, 0.5) is 4.39 Å². The molecule has 2 amide bonds. The summed E-state index contributed by atoms with van der Waals surface area (Å²) in [6.07, 6.45) is 0.767. The zero-order chi connectivity index (χ0) is 18.4. The zero-order valence-corrected chi connectivity index (χ0v) is 14.9. The van der Waals surface area contributed by atoms with Gasteiger partial charge >= 0.3 is 0 Å². The first-order valence-electron chi connectivity index (χ1n) is 8.34. The molecule has 0 saturated carbocycles. The number of carbonyl (C=O) groups excluding carboxylic acids is 2. The zero-order valence-electron chi connectivity index (χ0n) is 14.9. The average Bonchev–Trinajstić information content (AvgIpc) is 2.59. The average molecular weight is 352 g/mol. The van der Waals surface area contributed by atoms with E-state index in [1.807, 2.05) is 0 Å². The van der Waals surface area contributed by atoms with E-state index in [4.69, 9.17) is 9.57 Å². The fourth-order valence-corrected chi connectivity index (χ4v) is 2.60. The summed E-state index contributed by atoms with van der Waals surface area (Å²) in [7, 11) is 0. The highest BCUT2D eigenvalue weighted by Gasteiger charge is 2.33. The molecular weight excluding hydrogens is 327 g/mol. The van der Waals surface area contributed by atoms with Gasteiger partial charge in [0.25, 0.3) is 0 Å². The van der Waals surface area contributed by atoms with E-state index in [2.05, 4.69) is 0 Å². The van der Waals surface area contributed by atoms with Crippen LogP contribution in [0, 0.1) is 5.82 Å². The normalized spacial score (nSPS) is 16.4. The molecule has 0 N–H and O–H groups in total. The van der Waals surface area contributed by atoms with E-state index < -0.39 is 11.6 Å². The van der Waals surface area contributed by atoms with Gasteiger partial charge in [-0.2, -0.15) is 0 Å². The topological polar surface area (TPSA) is 59.1 Å². The predicted molar refractivity (Wildman–Crippen MR) is 90.0 cm³/mol. The first kappa shape index (κ1) is 19.3. The van der Waals surface area contributed by atoms with Crippen molar-refractivity contribution in [1.82, 2.24) is 9.96 Å². The summed E-state index contributed by atoms with van der Waals surface area (Å²) in [6, 6.07) is 5.06. The molecule has 0 aromatic heterocycles. The lowest BCUT2D eigenvalue weighted by Gasteiger charge is -2.36. The monoisotopic (exact) mass is 352 g/mol. The maximum atomic E-state index is 13.1. The van der Waals surface area contributed by atoms with Crippen molar-refractivity contribution in [3.8, 4) is 0 Å². The lowest BCUT2D eigenvalue weighted by Crippen LogP contribution is -2.53. The molecule has 0 bridgehead atoms. The number of benzene rings is 1. The fraction of sp³-hybridized carbons (Fsp3) is 0.556.